The second-order valence-corrected chi connectivity index (χ2v) is 4.72. The molecule has 0 aromatic heterocycles. The standard InChI is InChI=1S/C12H21NO4/c14-10(12(16)17)8-13-11(15)7-9-5-3-1-2-4-6-9/h9-10,14H,1-8H2,(H,13,15)(H,16,17). The Morgan fingerprint density at radius 2 is 1.76 bits per heavy atom. The second kappa shape index (κ2) is 7.27. The van der Waals surface area contributed by atoms with Gasteiger partial charge in [0.15, 0.2) is 6.10 Å². The van der Waals surface area contributed by atoms with Crippen LogP contribution in [0.4, 0.5) is 0 Å². The van der Waals surface area contributed by atoms with Crippen LogP contribution < -0.4 is 5.32 Å². The monoisotopic (exact) mass is 243 g/mol. The molecule has 0 spiro atoms. The zero-order valence-corrected chi connectivity index (χ0v) is 10.0. The van der Waals surface area contributed by atoms with E-state index in [2.05, 4.69) is 5.32 Å². The van der Waals surface area contributed by atoms with Crippen LogP contribution in [0, 0.1) is 5.92 Å². The van der Waals surface area contributed by atoms with E-state index in [4.69, 9.17) is 10.2 Å². The van der Waals surface area contributed by atoms with Crippen LogP contribution in [-0.4, -0.2) is 34.7 Å². The second-order valence-electron chi connectivity index (χ2n) is 4.72. The van der Waals surface area contributed by atoms with E-state index in [0.717, 1.165) is 12.8 Å². The van der Waals surface area contributed by atoms with Gasteiger partial charge in [-0.25, -0.2) is 4.79 Å². The summed E-state index contributed by atoms with van der Waals surface area (Å²) in [6.07, 6.45) is 5.95. The maximum Gasteiger partial charge on any atom is 0.334 e. The number of hydrogen-bond acceptors (Lipinski definition) is 3. The van der Waals surface area contributed by atoms with Gasteiger partial charge in [0.25, 0.3) is 0 Å². The first kappa shape index (κ1) is 14.0. The number of carboxylic acids is 1. The maximum absolute atomic E-state index is 11.5. The van der Waals surface area contributed by atoms with Crippen LogP contribution in [0.5, 0.6) is 0 Å². The Morgan fingerprint density at radius 3 is 2.29 bits per heavy atom. The summed E-state index contributed by atoms with van der Waals surface area (Å²) in [7, 11) is 0. The summed E-state index contributed by atoms with van der Waals surface area (Å²) in [6.45, 7) is -0.207. The Hall–Kier alpha value is -1.10. The van der Waals surface area contributed by atoms with Crippen LogP contribution in [0.25, 0.3) is 0 Å². The van der Waals surface area contributed by atoms with Crippen molar-refractivity contribution >= 4 is 11.9 Å². The van der Waals surface area contributed by atoms with Gasteiger partial charge in [0.05, 0.1) is 6.54 Å². The fourth-order valence-corrected chi connectivity index (χ4v) is 2.20. The largest absolute Gasteiger partial charge is 0.479 e. The average Bonchev–Trinajstić information content (AvgIpc) is 2.54. The number of amides is 1. The molecule has 17 heavy (non-hydrogen) atoms. The molecule has 1 saturated carbocycles. The molecule has 1 amide bonds. The molecule has 0 aliphatic heterocycles. The van der Waals surface area contributed by atoms with Crippen molar-refractivity contribution in [2.24, 2.45) is 5.92 Å². The number of carbonyl (C=O) groups is 2. The third-order valence-electron chi connectivity index (χ3n) is 3.23. The topological polar surface area (TPSA) is 86.6 Å². The molecule has 1 unspecified atom stereocenters. The lowest BCUT2D eigenvalue weighted by Crippen LogP contribution is -2.37. The Balaban J connectivity index is 2.21. The molecule has 0 aromatic carbocycles. The predicted octanol–water partition coefficient (Wildman–Crippen LogP) is 0.909. The highest BCUT2D eigenvalue weighted by atomic mass is 16.4. The van der Waals surface area contributed by atoms with Gasteiger partial charge in [-0.1, -0.05) is 25.7 Å². The van der Waals surface area contributed by atoms with E-state index in [1.165, 1.54) is 25.7 Å². The van der Waals surface area contributed by atoms with Crippen LogP contribution in [0.1, 0.15) is 44.9 Å². The fourth-order valence-electron chi connectivity index (χ4n) is 2.20. The number of carboxylic acid groups (broad SMARTS) is 1. The molecule has 1 atom stereocenters. The molecule has 1 fully saturated rings. The molecule has 1 aliphatic rings. The van der Waals surface area contributed by atoms with Crippen LogP contribution >= 0.6 is 0 Å². The molecule has 0 saturated heterocycles. The zero-order valence-electron chi connectivity index (χ0n) is 10.0. The van der Waals surface area contributed by atoms with Crippen LogP contribution in [0.15, 0.2) is 0 Å². The molecular formula is C12H21NO4. The summed E-state index contributed by atoms with van der Waals surface area (Å²) in [4.78, 5) is 21.9. The van der Waals surface area contributed by atoms with Gasteiger partial charge in [-0.3, -0.25) is 4.79 Å². The molecule has 0 aromatic rings. The molecule has 0 bridgehead atoms. The molecule has 1 aliphatic carbocycles. The molecule has 0 radical (unpaired) electrons. The number of aliphatic hydroxyl groups is 1. The normalized spacial score (nSPS) is 19.4. The van der Waals surface area contributed by atoms with Gasteiger partial charge >= 0.3 is 5.97 Å². The minimum Gasteiger partial charge on any atom is -0.479 e. The van der Waals surface area contributed by atoms with E-state index in [1.54, 1.807) is 0 Å². The first-order valence-electron chi connectivity index (χ1n) is 6.27. The van der Waals surface area contributed by atoms with Crippen LogP contribution in [-0.2, 0) is 9.59 Å². The van der Waals surface area contributed by atoms with Crippen molar-refractivity contribution in [2.75, 3.05) is 6.54 Å². The fraction of sp³-hybridized carbons (Fsp3) is 0.833. The summed E-state index contributed by atoms with van der Waals surface area (Å²) < 4.78 is 0. The van der Waals surface area contributed by atoms with Crippen molar-refractivity contribution in [1.29, 1.82) is 0 Å². The molecule has 3 N–H and O–H groups in total. The van der Waals surface area contributed by atoms with Crippen molar-refractivity contribution in [1.82, 2.24) is 5.32 Å². The van der Waals surface area contributed by atoms with Gasteiger partial charge in [-0.15, -0.1) is 0 Å². The third-order valence-corrected chi connectivity index (χ3v) is 3.23. The zero-order chi connectivity index (χ0) is 12.7. The smallest absolute Gasteiger partial charge is 0.334 e. The molecule has 0 heterocycles. The van der Waals surface area contributed by atoms with E-state index in [0.29, 0.717) is 12.3 Å². The molecule has 1 rings (SSSR count). The number of carbonyl (C=O) groups excluding carboxylic acids is 1. The molecular weight excluding hydrogens is 222 g/mol. The van der Waals surface area contributed by atoms with E-state index in [1.807, 2.05) is 0 Å². The Bertz CT molecular complexity index is 259. The van der Waals surface area contributed by atoms with E-state index < -0.39 is 12.1 Å². The molecule has 5 nitrogen and oxygen atoms in total. The molecule has 5 heteroatoms. The summed E-state index contributed by atoms with van der Waals surface area (Å²) in [5.74, 6) is -1.04. The van der Waals surface area contributed by atoms with Crippen LogP contribution in [0.3, 0.4) is 0 Å². The highest BCUT2D eigenvalue weighted by Crippen LogP contribution is 2.25. The number of aliphatic hydroxyl groups excluding tert-OH is 1. The summed E-state index contributed by atoms with van der Waals surface area (Å²) >= 11 is 0. The Kier molecular flexibility index (Phi) is 5.97. The lowest BCUT2D eigenvalue weighted by molar-refractivity contribution is -0.146. The van der Waals surface area contributed by atoms with E-state index in [9.17, 15) is 9.59 Å². The lowest BCUT2D eigenvalue weighted by atomic mass is 9.96. The van der Waals surface area contributed by atoms with Crippen molar-refractivity contribution in [3.05, 3.63) is 0 Å². The Labute approximate surface area is 101 Å². The quantitative estimate of drug-likeness (QED) is 0.626. The minimum atomic E-state index is -1.51. The van der Waals surface area contributed by atoms with Crippen LogP contribution in [0.2, 0.25) is 0 Å². The third kappa shape index (κ3) is 5.68. The molecule has 98 valence electrons. The van der Waals surface area contributed by atoms with Gasteiger partial charge in [0.2, 0.25) is 5.91 Å². The van der Waals surface area contributed by atoms with Gasteiger partial charge in [-0.05, 0) is 18.8 Å². The van der Waals surface area contributed by atoms with E-state index in [-0.39, 0.29) is 12.5 Å². The predicted molar refractivity (Wildman–Crippen MR) is 62.5 cm³/mol. The SMILES string of the molecule is O=C(CC1CCCCCC1)NCC(O)C(=O)O. The first-order chi connectivity index (χ1) is 8.09. The maximum atomic E-state index is 11.5. The number of aliphatic carboxylic acids is 1. The van der Waals surface area contributed by atoms with Crippen molar-refractivity contribution in [2.45, 2.75) is 51.0 Å². The van der Waals surface area contributed by atoms with Gasteiger partial charge < -0.3 is 15.5 Å². The van der Waals surface area contributed by atoms with Gasteiger partial charge in [0.1, 0.15) is 0 Å². The first-order valence-corrected chi connectivity index (χ1v) is 6.27. The van der Waals surface area contributed by atoms with Crippen molar-refractivity contribution in [3.8, 4) is 0 Å². The van der Waals surface area contributed by atoms with Crippen molar-refractivity contribution < 1.29 is 19.8 Å². The summed E-state index contributed by atoms with van der Waals surface area (Å²) in [6, 6.07) is 0. The highest BCUT2D eigenvalue weighted by molar-refractivity contribution is 5.78. The van der Waals surface area contributed by atoms with Gasteiger partial charge in [-0.2, -0.15) is 0 Å². The van der Waals surface area contributed by atoms with Crippen molar-refractivity contribution in [3.63, 3.8) is 0 Å². The summed E-state index contributed by atoms with van der Waals surface area (Å²) in [5, 5.41) is 19.9. The summed E-state index contributed by atoms with van der Waals surface area (Å²) in [5.41, 5.74) is 0. The van der Waals surface area contributed by atoms with Gasteiger partial charge in [0, 0.05) is 6.42 Å². The lowest BCUT2D eigenvalue weighted by Gasteiger charge is -2.14. The minimum absolute atomic E-state index is 0.155. The Morgan fingerprint density at radius 1 is 1.18 bits per heavy atom. The number of rotatable bonds is 5. The van der Waals surface area contributed by atoms with E-state index >= 15 is 0 Å². The number of hydrogen-bond donors (Lipinski definition) is 3. The average molecular weight is 243 g/mol. The highest BCUT2D eigenvalue weighted by Gasteiger charge is 2.18. The number of nitrogens with one attached hydrogen (secondary N) is 1.